The molecule has 0 radical (unpaired) electrons. The van der Waals surface area contributed by atoms with Crippen molar-refractivity contribution in [2.24, 2.45) is 0 Å². The van der Waals surface area contributed by atoms with Crippen molar-refractivity contribution in [2.45, 2.75) is 85.8 Å². The fraction of sp³-hybridized carbons (Fsp3) is 1.00. The van der Waals surface area contributed by atoms with Crippen molar-refractivity contribution in [2.75, 3.05) is 26.4 Å². The Hall–Kier alpha value is -0.640. The zero-order valence-electron chi connectivity index (χ0n) is 17.9. The van der Waals surface area contributed by atoms with Crippen molar-refractivity contribution in [3.8, 4) is 0 Å². The van der Waals surface area contributed by atoms with Crippen LogP contribution in [-0.4, -0.2) is 174 Å². The van der Waals surface area contributed by atoms with Gasteiger partial charge in [-0.25, -0.2) is 0 Å². The third-order valence-electron chi connectivity index (χ3n) is 5.74. The van der Waals surface area contributed by atoms with E-state index in [9.17, 15) is 56.2 Å². The highest BCUT2D eigenvalue weighted by molar-refractivity contribution is 4.95. The van der Waals surface area contributed by atoms with E-state index in [1.807, 2.05) is 0 Å². The minimum atomic E-state index is -1.98. The lowest BCUT2D eigenvalue weighted by Crippen LogP contribution is -2.65. The highest BCUT2D eigenvalue weighted by atomic mass is 16.7. The van der Waals surface area contributed by atoms with Gasteiger partial charge in [0.15, 0.2) is 12.6 Å². The molecule has 2 heterocycles. The van der Waals surface area contributed by atoms with Gasteiger partial charge in [0.1, 0.15) is 73.2 Å². The summed E-state index contributed by atoms with van der Waals surface area (Å²) >= 11 is 0. The van der Waals surface area contributed by atoms with E-state index in [4.69, 9.17) is 24.1 Å². The van der Waals surface area contributed by atoms with E-state index in [0.717, 1.165) is 0 Å². The average Bonchev–Trinajstić information content (AvgIpc) is 2.84. The number of hydrogen-bond acceptors (Lipinski definition) is 16. The predicted molar refractivity (Wildman–Crippen MR) is 103 cm³/mol. The second-order valence-electron chi connectivity index (χ2n) is 8.10. The van der Waals surface area contributed by atoms with E-state index in [0.29, 0.717) is 0 Å². The van der Waals surface area contributed by atoms with E-state index in [-0.39, 0.29) is 0 Å². The minimum absolute atomic E-state index is 0.757. The molecule has 16 nitrogen and oxygen atoms in total. The van der Waals surface area contributed by atoms with Gasteiger partial charge in [-0.1, -0.05) is 0 Å². The number of aliphatic hydroxyl groups excluding tert-OH is 12. The summed E-state index contributed by atoms with van der Waals surface area (Å²) < 4.78 is 21.2. The Morgan fingerprint density at radius 1 is 0.618 bits per heavy atom. The Morgan fingerprint density at radius 3 is 1.68 bits per heavy atom. The first-order valence-corrected chi connectivity index (χ1v) is 10.5. The lowest BCUT2D eigenvalue weighted by molar-refractivity contribution is -0.367. The standard InChI is InChI=1S/C18H34O16/c19-1-5(23)9(25)15(6(24)2-20)33-18-14(30)12(28)16(8(4-22)32-18)34-17-13(29)11(27)10(26)7(3-21)31-17/h5-30H,1-4H2/t5-,6+,7+,8+,9+,10+,11-,12?,13+,14+,15+,16+,17+,18+/m1/s1. The van der Waals surface area contributed by atoms with Crippen LogP contribution in [-0.2, 0) is 18.9 Å². The molecule has 202 valence electrons. The summed E-state index contributed by atoms with van der Waals surface area (Å²) in [6.07, 6.45) is -24.7. The van der Waals surface area contributed by atoms with E-state index in [2.05, 4.69) is 0 Å². The second kappa shape index (κ2) is 13.1. The molecule has 2 saturated heterocycles. The highest BCUT2D eigenvalue weighted by Crippen LogP contribution is 2.30. The lowest BCUT2D eigenvalue weighted by Gasteiger charge is -2.46. The van der Waals surface area contributed by atoms with Crippen molar-refractivity contribution >= 4 is 0 Å². The molecule has 1 unspecified atom stereocenters. The van der Waals surface area contributed by atoms with Crippen LogP contribution >= 0.6 is 0 Å². The first-order valence-electron chi connectivity index (χ1n) is 10.5. The summed E-state index contributed by atoms with van der Waals surface area (Å²) in [5.74, 6) is 0. The Balaban J connectivity index is 2.17. The molecule has 0 aliphatic carbocycles. The van der Waals surface area contributed by atoms with Gasteiger partial charge in [0.2, 0.25) is 0 Å². The fourth-order valence-electron chi connectivity index (χ4n) is 3.65. The third kappa shape index (κ3) is 6.37. The first kappa shape index (κ1) is 29.6. The zero-order chi connectivity index (χ0) is 25.7. The molecule has 0 bridgehead atoms. The molecule has 34 heavy (non-hydrogen) atoms. The maximum atomic E-state index is 10.6. The Labute approximate surface area is 193 Å². The molecule has 0 aromatic carbocycles. The summed E-state index contributed by atoms with van der Waals surface area (Å²) in [6, 6.07) is 0. The van der Waals surface area contributed by atoms with Gasteiger partial charge in [-0.05, 0) is 0 Å². The van der Waals surface area contributed by atoms with Gasteiger partial charge in [0.25, 0.3) is 0 Å². The van der Waals surface area contributed by atoms with Crippen molar-refractivity contribution in [3.63, 3.8) is 0 Å². The molecule has 0 amide bonds. The SMILES string of the molecule is OC[C@@H](O)[C@H](O)[C@@H](O[C@@H]1O[C@@H](CO)[C@H](O[C@@H]2O[C@@H](CO)[C@H](O)[C@@H](O)[C@@H]2O)C(O)[C@@H]1O)[C@@H](O)CO. The molecule has 0 aromatic heterocycles. The lowest BCUT2D eigenvalue weighted by atomic mass is 9.96. The van der Waals surface area contributed by atoms with Crippen LogP contribution in [0.3, 0.4) is 0 Å². The van der Waals surface area contributed by atoms with Gasteiger partial charge in [0, 0.05) is 0 Å². The largest absolute Gasteiger partial charge is 0.394 e. The summed E-state index contributed by atoms with van der Waals surface area (Å²) in [6.45, 7) is -3.52. The molecule has 2 rings (SSSR count). The summed E-state index contributed by atoms with van der Waals surface area (Å²) in [5.41, 5.74) is 0. The quantitative estimate of drug-likeness (QED) is 0.124. The molecule has 12 N–H and O–H groups in total. The van der Waals surface area contributed by atoms with Gasteiger partial charge >= 0.3 is 0 Å². The summed E-state index contributed by atoms with van der Waals surface area (Å²) in [7, 11) is 0. The van der Waals surface area contributed by atoms with Crippen LogP contribution in [0.2, 0.25) is 0 Å². The van der Waals surface area contributed by atoms with Crippen LogP contribution in [0.1, 0.15) is 0 Å². The number of rotatable bonds is 11. The number of ether oxygens (including phenoxy) is 4. The highest BCUT2D eigenvalue weighted by Gasteiger charge is 2.51. The van der Waals surface area contributed by atoms with Crippen LogP contribution in [0.15, 0.2) is 0 Å². The summed E-state index contributed by atoms with van der Waals surface area (Å²) in [5, 5.41) is 118. The van der Waals surface area contributed by atoms with E-state index >= 15 is 0 Å². The number of hydrogen-bond donors (Lipinski definition) is 12. The second-order valence-corrected chi connectivity index (χ2v) is 8.10. The molecular weight excluding hydrogens is 472 g/mol. The smallest absolute Gasteiger partial charge is 0.187 e. The molecule has 2 aliphatic heterocycles. The fourth-order valence-corrected chi connectivity index (χ4v) is 3.65. The van der Waals surface area contributed by atoms with Crippen molar-refractivity contribution in [1.29, 1.82) is 0 Å². The maximum absolute atomic E-state index is 10.6. The average molecular weight is 506 g/mol. The normalized spacial score (nSPS) is 42.7. The Bertz CT molecular complexity index is 594. The van der Waals surface area contributed by atoms with Gasteiger partial charge in [-0.2, -0.15) is 0 Å². The van der Waals surface area contributed by atoms with Gasteiger partial charge in [0.05, 0.1) is 26.4 Å². The van der Waals surface area contributed by atoms with E-state index < -0.39 is 112 Å². The monoisotopic (exact) mass is 506 g/mol. The molecular formula is C18H34O16. The van der Waals surface area contributed by atoms with Gasteiger partial charge < -0.3 is 80.2 Å². The van der Waals surface area contributed by atoms with Crippen molar-refractivity contribution in [1.82, 2.24) is 0 Å². The molecule has 14 atom stereocenters. The molecule has 0 spiro atoms. The van der Waals surface area contributed by atoms with Crippen LogP contribution in [0.5, 0.6) is 0 Å². The van der Waals surface area contributed by atoms with Gasteiger partial charge in [-0.3, -0.25) is 0 Å². The van der Waals surface area contributed by atoms with E-state index in [1.165, 1.54) is 0 Å². The van der Waals surface area contributed by atoms with Crippen LogP contribution in [0.25, 0.3) is 0 Å². The zero-order valence-corrected chi connectivity index (χ0v) is 17.9. The third-order valence-corrected chi connectivity index (χ3v) is 5.74. The predicted octanol–water partition coefficient (Wildman–Crippen LogP) is -7.94. The van der Waals surface area contributed by atoms with Gasteiger partial charge in [-0.15, -0.1) is 0 Å². The van der Waals surface area contributed by atoms with E-state index in [1.54, 1.807) is 0 Å². The molecule has 2 aliphatic rings. The molecule has 0 saturated carbocycles. The maximum Gasteiger partial charge on any atom is 0.187 e. The number of aliphatic hydroxyl groups is 12. The molecule has 2 fully saturated rings. The minimum Gasteiger partial charge on any atom is -0.394 e. The first-order chi connectivity index (χ1) is 16.0. The topological polar surface area (TPSA) is 280 Å². The van der Waals surface area contributed by atoms with Crippen molar-refractivity contribution < 1.29 is 80.2 Å². The van der Waals surface area contributed by atoms with Crippen LogP contribution < -0.4 is 0 Å². The Kier molecular flexibility index (Phi) is 11.4. The Morgan fingerprint density at radius 2 is 1.15 bits per heavy atom. The molecule has 0 aromatic rings. The molecule has 16 heteroatoms. The summed E-state index contributed by atoms with van der Waals surface area (Å²) in [4.78, 5) is 0. The van der Waals surface area contributed by atoms with Crippen LogP contribution in [0, 0.1) is 0 Å². The van der Waals surface area contributed by atoms with Crippen LogP contribution in [0.4, 0.5) is 0 Å². The van der Waals surface area contributed by atoms with Crippen molar-refractivity contribution in [3.05, 3.63) is 0 Å².